The number of benzene rings is 1. The zero-order valence-electron chi connectivity index (χ0n) is 15.8. The third-order valence-corrected chi connectivity index (χ3v) is 5.96. The number of nitrogens with zero attached hydrogens (tertiary/aromatic N) is 2. The van der Waals surface area contributed by atoms with Crippen molar-refractivity contribution in [1.82, 2.24) is 5.32 Å². The Morgan fingerprint density at radius 2 is 2.17 bits per heavy atom. The minimum absolute atomic E-state index is 0.147. The fraction of sp³-hybridized carbons (Fsp3) is 0.400. The van der Waals surface area contributed by atoms with E-state index in [2.05, 4.69) is 5.32 Å². The second-order valence-electron chi connectivity index (χ2n) is 6.89. The Kier molecular flexibility index (Phi) is 5.94. The molecule has 0 radical (unpaired) electrons. The van der Waals surface area contributed by atoms with Crippen LogP contribution in [0.4, 0.5) is 20.6 Å². The van der Waals surface area contributed by atoms with Crippen molar-refractivity contribution in [3.63, 3.8) is 0 Å². The Labute approximate surface area is 172 Å². The molecule has 2 fully saturated rings. The molecule has 2 aliphatic heterocycles. The molecule has 9 heteroatoms. The first-order valence-electron chi connectivity index (χ1n) is 9.54. The van der Waals surface area contributed by atoms with Crippen LogP contribution in [-0.2, 0) is 4.74 Å². The minimum Gasteiger partial charge on any atom is -0.459 e. The highest BCUT2D eigenvalue weighted by atomic mass is 32.2. The van der Waals surface area contributed by atoms with Crippen LogP contribution >= 0.6 is 11.8 Å². The number of hydrogen-bond donors (Lipinski definition) is 1. The summed E-state index contributed by atoms with van der Waals surface area (Å²) in [6, 6.07) is 8.00. The van der Waals surface area contributed by atoms with Crippen LogP contribution in [0.25, 0.3) is 0 Å². The van der Waals surface area contributed by atoms with E-state index in [-0.39, 0.29) is 30.6 Å². The van der Waals surface area contributed by atoms with E-state index >= 15 is 0 Å². The van der Waals surface area contributed by atoms with Gasteiger partial charge in [0.05, 0.1) is 30.7 Å². The third-order valence-electron chi connectivity index (χ3n) is 4.92. The lowest BCUT2D eigenvalue weighted by atomic mass is 10.2. The summed E-state index contributed by atoms with van der Waals surface area (Å²) in [6.45, 7) is 2.01. The van der Waals surface area contributed by atoms with Crippen molar-refractivity contribution in [3.05, 3.63) is 48.2 Å². The lowest BCUT2D eigenvalue weighted by molar-refractivity contribution is 0.0889. The number of cyclic esters (lactones) is 1. The molecule has 4 rings (SSSR count). The molecule has 1 atom stereocenters. The van der Waals surface area contributed by atoms with Crippen molar-refractivity contribution in [3.8, 4) is 0 Å². The second kappa shape index (κ2) is 8.77. The Morgan fingerprint density at radius 3 is 2.97 bits per heavy atom. The second-order valence-corrected chi connectivity index (χ2v) is 8.12. The predicted molar refractivity (Wildman–Crippen MR) is 109 cm³/mol. The molecule has 2 saturated heterocycles. The normalized spacial score (nSPS) is 19.8. The third kappa shape index (κ3) is 4.50. The van der Waals surface area contributed by atoms with E-state index in [1.54, 1.807) is 24.3 Å². The van der Waals surface area contributed by atoms with Crippen LogP contribution in [0.3, 0.4) is 0 Å². The van der Waals surface area contributed by atoms with Crippen LogP contribution in [0.15, 0.2) is 41.0 Å². The van der Waals surface area contributed by atoms with Crippen molar-refractivity contribution < 1.29 is 23.1 Å². The molecule has 154 valence electrons. The summed E-state index contributed by atoms with van der Waals surface area (Å²) in [4.78, 5) is 27.6. The molecule has 7 nitrogen and oxygen atoms in total. The molecule has 2 amide bonds. The number of hydrogen-bond acceptors (Lipinski definition) is 6. The standard InChI is InChI=1S/C20H22FN3O4S/c21-16-11-14(4-5-17(16)23-6-2-9-29-10-7-23)24-13-15(28-20(24)26)12-22-19(25)18-3-1-8-27-18/h1,3-5,8,11,15H,2,6-7,9-10,12-13H2,(H,22,25)/t15-/m0/s1. The molecule has 2 aliphatic rings. The van der Waals surface area contributed by atoms with Gasteiger partial charge in [-0.25, -0.2) is 9.18 Å². The van der Waals surface area contributed by atoms with Gasteiger partial charge in [0, 0.05) is 18.8 Å². The maximum atomic E-state index is 14.8. The SMILES string of the molecule is O=C(NC[C@H]1CN(c2ccc(N3CCCSCC3)c(F)c2)C(=O)O1)c1ccco1. The van der Waals surface area contributed by atoms with E-state index in [0.717, 1.165) is 31.0 Å². The Morgan fingerprint density at radius 1 is 1.28 bits per heavy atom. The van der Waals surface area contributed by atoms with Gasteiger partial charge in [-0.3, -0.25) is 9.69 Å². The Bertz CT molecular complexity index is 869. The van der Waals surface area contributed by atoms with Gasteiger partial charge < -0.3 is 19.4 Å². The summed E-state index contributed by atoms with van der Waals surface area (Å²) in [5, 5.41) is 2.67. The van der Waals surface area contributed by atoms with Crippen LogP contribution < -0.4 is 15.1 Å². The molecular formula is C20H22FN3O4S. The van der Waals surface area contributed by atoms with E-state index in [9.17, 15) is 14.0 Å². The van der Waals surface area contributed by atoms with Crippen LogP contribution in [0.2, 0.25) is 0 Å². The van der Waals surface area contributed by atoms with E-state index in [4.69, 9.17) is 9.15 Å². The van der Waals surface area contributed by atoms with Gasteiger partial charge in [0.2, 0.25) is 0 Å². The minimum atomic E-state index is -0.555. The number of rotatable bonds is 5. The topological polar surface area (TPSA) is 75.0 Å². The summed E-state index contributed by atoms with van der Waals surface area (Å²) < 4.78 is 25.1. The van der Waals surface area contributed by atoms with Gasteiger partial charge in [0.1, 0.15) is 11.9 Å². The Balaban J connectivity index is 1.38. The number of nitrogens with one attached hydrogen (secondary N) is 1. The van der Waals surface area contributed by atoms with Gasteiger partial charge in [-0.1, -0.05) is 0 Å². The fourth-order valence-electron chi connectivity index (χ4n) is 3.45. The van der Waals surface area contributed by atoms with E-state index in [1.807, 2.05) is 16.7 Å². The van der Waals surface area contributed by atoms with Gasteiger partial charge in [-0.15, -0.1) is 0 Å². The summed E-state index contributed by atoms with van der Waals surface area (Å²) >= 11 is 1.88. The number of thioether (sulfide) groups is 1. The molecule has 0 spiro atoms. The van der Waals surface area contributed by atoms with Gasteiger partial charge in [-0.2, -0.15) is 11.8 Å². The van der Waals surface area contributed by atoms with Gasteiger partial charge in [-0.05, 0) is 42.5 Å². The molecule has 1 aromatic heterocycles. The highest BCUT2D eigenvalue weighted by molar-refractivity contribution is 7.99. The van der Waals surface area contributed by atoms with Crippen molar-refractivity contribution in [2.45, 2.75) is 12.5 Å². The highest BCUT2D eigenvalue weighted by Gasteiger charge is 2.33. The molecule has 0 bridgehead atoms. The van der Waals surface area contributed by atoms with Gasteiger partial charge >= 0.3 is 6.09 Å². The number of halogens is 1. The van der Waals surface area contributed by atoms with E-state index in [0.29, 0.717) is 11.4 Å². The lowest BCUT2D eigenvalue weighted by Gasteiger charge is -2.24. The molecule has 2 aromatic rings. The zero-order valence-corrected chi connectivity index (χ0v) is 16.6. The van der Waals surface area contributed by atoms with E-state index in [1.165, 1.54) is 17.2 Å². The summed E-state index contributed by atoms with van der Waals surface area (Å²) in [7, 11) is 0. The molecule has 0 unspecified atom stereocenters. The van der Waals surface area contributed by atoms with E-state index < -0.39 is 12.2 Å². The first-order valence-corrected chi connectivity index (χ1v) is 10.7. The lowest BCUT2D eigenvalue weighted by Crippen LogP contribution is -2.34. The largest absolute Gasteiger partial charge is 0.459 e. The fourth-order valence-corrected chi connectivity index (χ4v) is 4.33. The summed E-state index contributed by atoms with van der Waals surface area (Å²) in [5.74, 6) is 1.53. The molecule has 0 saturated carbocycles. The van der Waals surface area contributed by atoms with Crippen LogP contribution in [0.5, 0.6) is 0 Å². The predicted octanol–water partition coefficient (Wildman–Crippen LogP) is 3.12. The number of carbonyl (C=O) groups excluding carboxylic acids is 2. The number of ether oxygens (including phenoxy) is 1. The Hall–Kier alpha value is -2.68. The van der Waals surface area contributed by atoms with Crippen molar-refractivity contribution in [1.29, 1.82) is 0 Å². The first-order chi connectivity index (χ1) is 14.1. The van der Waals surface area contributed by atoms with Crippen LogP contribution in [-0.4, -0.2) is 55.8 Å². The summed E-state index contributed by atoms with van der Waals surface area (Å²) in [6.07, 6.45) is 1.36. The number of amides is 2. The number of furan rings is 1. The quantitative estimate of drug-likeness (QED) is 0.803. The van der Waals surface area contributed by atoms with Gasteiger partial charge in [0.25, 0.3) is 5.91 Å². The van der Waals surface area contributed by atoms with Crippen molar-refractivity contribution in [2.24, 2.45) is 0 Å². The zero-order chi connectivity index (χ0) is 20.2. The molecular weight excluding hydrogens is 397 g/mol. The van der Waals surface area contributed by atoms with Crippen LogP contribution in [0.1, 0.15) is 17.0 Å². The van der Waals surface area contributed by atoms with Crippen LogP contribution in [0, 0.1) is 5.82 Å². The maximum Gasteiger partial charge on any atom is 0.414 e. The van der Waals surface area contributed by atoms with Gasteiger partial charge in [0.15, 0.2) is 5.76 Å². The molecule has 0 aliphatic carbocycles. The molecule has 29 heavy (non-hydrogen) atoms. The average molecular weight is 419 g/mol. The highest BCUT2D eigenvalue weighted by Crippen LogP contribution is 2.29. The number of carbonyl (C=O) groups is 2. The average Bonchev–Trinajstić information content (AvgIpc) is 3.30. The van der Waals surface area contributed by atoms with Crippen molar-refractivity contribution in [2.75, 3.05) is 47.5 Å². The molecule has 1 aromatic carbocycles. The first kappa shape index (κ1) is 19.6. The molecule has 1 N–H and O–H groups in total. The monoisotopic (exact) mass is 419 g/mol. The smallest absolute Gasteiger partial charge is 0.414 e. The number of anilines is 2. The summed E-state index contributed by atoms with van der Waals surface area (Å²) in [5.41, 5.74) is 1.01. The van der Waals surface area contributed by atoms with Crippen molar-refractivity contribution >= 4 is 35.1 Å². The molecule has 3 heterocycles. The maximum absolute atomic E-state index is 14.8.